The standard InChI is InChI=1S/C12H16NOP/c1-4-6-10(5-2)12(14)13-11-8-15-7-9(11)3/h4-8,15H,1-3H3,(H,13,14)/b6-4-,10-5+. The molecule has 80 valence electrons. The molecule has 3 heteroatoms. The maximum atomic E-state index is 11.8. The molecule has 15 heavy (non-hydrogen) atoms. The Kier molecular flexibility index (Phi) is 4.38. The summed E-state index contributed by atoms with van der Waals surface area (Å²) in [5.74, 6) is 4.14. The van der Waals surface area contributed by atoms with Gasteiger partial charge in [0.25, 0.3) is 5.91 Å². The first kappa shape index (κ1) is 11.8. The number of allylic oxidation sites excluding steroid dienone is 2. The minimum Gasteiger partial charge on any atom is -0.321 e. The number of hydrogen-bond donors (Lipinski definition) is 1. The van der Waals surface area contributed by atoms with Crippen LogP contribution in [0.3, 0.4) is 0 Å². The summed E-state index contributed by atoms with van der Waals surface area (Å²) in [4.78, 5) is 11.8. The zero-order valence-electron chi connectivity index (χ0n) is 9.29. The average molecular weight is 221 g/mol. The van der Waals surface area contributed by atoms with Gasteiger partial charge < -0.3 is 5.32 Å². The van der Waals surface area contributed by atoms with Crippen LogP contribution in [0.1, 0.15) is 19.4 Å². The van der Waals surface area contributed by atoms with E-state index in [2.05, 4.69) is 16.9 Å². The molecule has 1 rings (SSSR count). The summed E-state index contributed by atoms with van der Waals surface area (Å²) >= 11 is 0. The number of nitrogens with one attached hydrogen (secondary N) is 1. The topological polar surface area (TPSA) is 29.1 Å². The van der Waals surface area contributed by atoms with Gasteiger partial charge in [-0.15, -0.1) is 8.19 Å². The molecule has 1 unspecified atom stereocenters. The van der Waals surface area contributed by atoms with Crippen molar-refractivity contribution >= 4 is 19.8 Å². The van der Waals surface area contributed by atoms with Crippen LogP contribution < -0.4 is 5.32 Å². The van der Waals surface area contributed by atoms with E-state index in [0.717, 1.165) is 11.3 Å². The second-order valence-electron chi connectivity index (χ2n) is 3.25. The zero-order valence-corrected chi connectivity index (χ0v) is 10.3. The van der Waals surface area contributed by atoms with Gasteiger partial charge in [0.05, 0.1) is 0 Å². The van der Waals surface area contributed by atoms with Crippen molar-refractivity contribution < 1.29 is 4.79 Å². The van der Waals surface area contributed by atoms with Crippen LogP contribution >= 0.6 is 8.19 Å². The lowest BCUT2D eigenvalue weighted by Crippen LogP contribution is -2.13. The van der Waals surface area contributed by atoms with Crippen molar-refractivity contribution in [3.63, 3.8) is 0 Å². The molecular formula is C12H16NOP. The lowest BCUT2D eigenvalue weighted by atomic mass is 10.2. The number of carbonyl (C=O) groups excluding carboxylic acids is 1. The van der Waals surface area contributed by atoms with Gasteiger partial charge in [-0.25, -0.2) is 0 Å². The van der Waals surface area contributed by atoms with E-state index in [1.165, 1.54) is 0 Å². The summed E-state index contributed by atoms with van der Waals surface area (Å²) in [5.41, 5.74) is 2.79. The fourth-order valence-electron chi connectivity index (χ4n) is 1.25. The molecule has 0 aliphatic heterocycles. The summed E-state index contributed by atoms with van der Waals surface area (Å²) in [6, 6.07) is 0. The van der Waals surface area contributed by atoms with Crippen molar-refractivity contribution in [2.75, 3.05) is 5.32 Å². The molecular weight excluding hydrogens is 205 g/mol. The van der Waals surface area contributed by atoms with E-state index in [4.69, 9.17) is 0 Å². The lowest BCUT2D eigenvalue weighted by molar-refractivity contribution is -0.112. The van der Waals surface area contributed by atoms with E-state index < -0.39 is 0 Å². The van der Waals surface area contributed by atoms with Gasteiger partial charge in [-0.2, -0.15) is 0 Å². The Labute approximate surface area is 92.2 Å². The first-order valence-electron chi connectivity index (χ1n) is 4.92. The number of aryl methyl sites for hydroxylation is 1. The predicted molar refractivity (Wildman–Crippen MR) is 67.9 cm³/mol. The SMILES string of the molecule is C/C=C\C(=C/C)C(=O)Nc1c[pH]cc1C. The second kappa shape index (κ2) is 5.57. The molecule has 0 aliphatic rings. The van der Waals surface area contributed by atoms with Crippen molar-refractivity contribution in [2.24, 2.45) is 0 Å². The highest BCUT2D eigenvalue weighted by Gasteiger charge is 2.07. The number of carbonyl (C=O) groups is 1. The van der Waals surface area contributed by atoms with Gasteiger partial charge in [0, 0.05) is 11.3 Å². The number of hydrogen-bond acceptors (Lipinski definition) is 1. The van der Waals surface area contributed by atoms with Crippen LogP contribution in [-0.2, 0) is 4.79 Å². The van der Waals surface area contributed by atoms with E-state index in [9.17, 15) is 4.79 Å². The van der Waals surface area contributed by atoms with Crippen molar-refractivity contribution in [1.29, 1.82) is 0 Å². The Bertz CT molecular complexity index is 402. The predicted octanol–water partition coefficient (Wildman–Crippen LogP) is 3.49. The van der Waals surface area contributed by atoms with Gasteiger partial charge in [0.1, 0.15) is 0 Å². The first-order valence-corrected chi connectivity index (χ1v) is 6.08. The maximum Gasteiger partial charge on any atom is 0.255 e. The Balaban J connectivity index is 2.75. The van der Waals surface area contributed by atoms with Crippen LogP contribution in [0.5, 0.6) is 0 Å². The number of anilines is 1. The normalized spacial score (nSPS) is 12.6. The zero-order chi connectivity index (χ0) is 11.3. The first-order chi connectivity index (χ1) is 7.19. The highest BCUT2D eigenvalue weighted by atomic mass is 31.0. The van der Waals surface area contributed by atoms with Crippen LogP contribution in [0, 0.1) is 6.92 Å². The molecule has 1 aromatic rings. The highest BCUT2D eigenvalue weighted by Crippen LogP contribution is 2.23. The molecule has 0 saturated heterocycles. The van der Waals surface area contributed by atoms with Crippen LogP contribution in [0.2, 0.25) is 0 Å². The molecule has 0 aromatic carbocycles. The molecule has 0 bridgehead atoms. The van der Waals surface area contributed by atoms with Crippen molar-refractivity contribution in [2.45, 2.75) is 20.8 Å². The molecule has 0 saturated carbocycles. The third-order valence-electron chi connectivity index (χ3n) is 2.12. The average Bonchev–Trinajstić information content (AvgIpc) is 2.60. The van der Waals surface area contributed by atoms with Gasteiger partial charge in [-0.1, -0.05) is 18.2 Å². The smallest absolute Gasteiger partial charge is 0.255 e. The van der Waals surface area contributed by atoms with Crippen LogP contribution in [0.15, 0.2) is 35.4 Å². The molecule has 0 spiro atoms. The molecule has 0 aliphatic carbocycles. The number of amides is 1. The van der Waals surface area contributed by atoms with Crippen molar-refractivity contribution in [1.82, 2.24) is 0 Å². The van der Waals surface area contributed by atoms with E-state index in [1.807, 2.05) is 39.0 Å². The Morgan fingerprint density at radius 1 is 1.40 bits per heavy atom. The van der Waals surface area contributed by atoms with E-state index in [0.29, 0.717) is 13.8 Å². The number of rotatable bonds is 3. The van der Waals surface area contributed by atoms with Gasteiger partial charge in [-0.3, -0.25) is 4.79 Å². The second-order valence-corrected chi connectivity index (χ2v) is 4.16. The van der Waals surface area contributed by atoms with Gasteiger partial charge in [-0.05, 0) is 37.9 Å². The molecule has 1 amide bonds. The molecule has 0 radical (unpaired) electrons. The molecule has 0 fully saturated rings. The van der Waals surface area contributed by atoms with E-state index >= 15 is 0 Å². The lowest BCUT2D eigenvalue weighted by Gasteiger charge is -2.04. The Morgan fingerprint density at radius 2 is 2.13 bits per heavy atom. The van der Waals surface area contributed by atoms with Crippen LogP contribution in [-0.4, -0.2) is 5.91 Å². The molecule has 2 nitrogen and oxygen atoms in total. The van der Waals surface area contributed by atoms with Crippen LogP contribution in [0.25, 0.3) is 0 Å². The molecule has 1 N–H and O–H groups in total. The molecule has 1 heterocycles. The van der Waals surface area contributed by atoms with Crippen molar-refractivity contribution in [3.8, 4) is 0 Å². The summed E-state index contributed by atoms with van der Waals surface area (Å²) in [7, 11) is 0.688. The summed E-state index contributed by atoms with van der Waals surface area (Å²) in [5, 5.41) is 2.91. The summed E-state index contributed by atoms with van der Waals surface area (Å²) < 4.78 is 0. The third kappa shape index (κ3) is 3.10. The highest BCUT2D eigenvalue weighted by molar-refractivity contribution is 7.29. The maximum absolute atomic E-state index is 11.8. The Hall–Kier alpha value is -1.27. The van der Waals surface area contributed by atoms with Gasteiger partial charge >= 0.3 is 0 Å². The van der Waals surface area contributed by atoms with Gasteiger partial charge in [0.2, 0.25) is 0 Å². The van der Waals surface area contributed by atoms with Gasteiger partial charge in [0.15, 0.2) is 0 Å². The minimum atomic E-state index is -0.0405. The fraction of sp³-hybridized carbons (Fsp3) is 0.250. The monoisotopic (exact) mass is 221 g/mol. The summed E-state index contributed by atoms with van der Waals surface area (Å²) in [6.07, 6.45) is 5.49. The molecule has 1 aromatic heterocycles. The Morgan fingerprint density at radius 3 is 2.60 bits per heavy atom. The quantitative estimate of drug-likeness (QED) is 0.614. The summed E-state index contributed by atoms with van der Waals surface area (Å²) in [6.45, 7) is 5.78. The minimum absolute atomic E-state index is 0.0405. The van der Waals surface area contributed by atoms with Crippen molar-refractivity contribution in [3.05, 3.63) is 41.0 Å². The van der Waals surface area contributed by atoms with E-state index in [1.54, 1.807) is 0 Å². The molecule has 1 atom stereocenters. The largest absolute Gasteiger partial charge is 0.321 e. The third-order valence-corrected chi connectivity index (χ3v) is 3.17. The van der Waals surface area contributed by atoms with E-state index in [-0.39, 0.29) is 5.91 Å². The van der Waals surface area contributed by atoms with Crippen LogP contribution in [0.4, 0.5) is 5.69 Å². The fourth-order valence-corrected chi connectivity index (χ4v) is 2.21.